The fourth-order valence-corrected chi connectivity index (χ4v) is 6.00. The summed E-state index contributed by atoms with van der Waals surface area (Å²) >= 11 is 19.5. The quantitative estimate of drug-likeness (QED) is 0.336. The zero-order valence-corrected chi connectivity index (χ0v) is 19.6. The minimum absolute atomic E-state index is 0.109. The Morgan fingerprint density at radius 3 is 2.41 bits per heavy atom. The van der Waals surface area contributed by atoms with Crippen molar-refractivity contribution >= 4 is 64.2 Å². The van der Waals surface area contributed by atoms with E-state index < -0.39 is 48.3 Å². The van der Waals surface area contributed by atoms with Gasteiger partial charge in [-0.15, -0.1) is 23.5 Å². The summed E-state index contributed by atoms with van der Waals surface area (Å²) in [7, 11) is 0. The highest BCUT2D eigenvalue weighted by Gasteiger charge is 2.46. The normalized spacial score (nSPS) is 31.9. The molecule has 0 aromatic heterocycles. The van der Waals surface area contributed by atoms with E-state index in [-0.39, 0.29) is 14.6 Å². The summed E-state index contributed by atoms with van der Waals surface area (Å²) in [4.78, 5) is 12.6. The number of amides is 1. The molecule has 0 aromatic carbocycles. The van der Waals surface area contributed by atoms with Crippen LogP contribution in [0.5, 0.6) is 0 Å². The van der Waals surface area contributed by atoms with Crippen molar-refractivity contribution < 1.29 is 24.9 Å². The van der Waals surface area contributed by atoms with Crippen molar-refractivity contribution in [1.82, 2.24) is 5.32 Å². The molecule has 0 unspecified atom stereocenters. The van der Waals surface area contributed by atoms with Gasteiger partial charge in [0, 0.05) is 11.0 Å². The first-order chi connectivity index (χ1) is 13.7. The van der Waals surface area contributed by atoms with Crippen molar-refractivity contribution in [3.63, 3.8) is 0 Å². The maximum Gasteiger partial charge on any atom is 0.238 e. The Kier molecular flexibility index (Phi) is 11.2. The van der Waals surface area contributed by atoms with Crippen LogP contribution in [0, 0.1) is 0 Å². The maximum absolute atomic E-state index is 12.6. The van der Waals surface area contributed by atoms with Crippen LogP contribution in [0.15, 0.2) is 8.86 Å². The van der Waals surface area contributed by atoms with E-state index in [4.69, 9.17) is 45.3 Å². The van der Waals surface area contributed by atoms with E-state index in [1.54, 1.807) is 0 Å². The zero-order chi connectivity index (χ0) is 21.6. The monoisotopic (exact) mass is 508 g/mol. The van der Waals surface area contributed by atoms with Crippen molar-refractivity contribution in [2.24, 2.45) is 5.73 Å². The Bertz CT molecular complexity index is 579. The van der Waals surface area contributed by atoms with Gasteiger partial charge in [0.25, 0.3) is 0 Å². The summed E-state index contributed by atoms with van der Waals surface area (Å²) in [5.74, 6) is -0.399. The third-order valence-corrected chi connectivity index (χ3v) is 8.77. The third kappa shape index (κ3) is 7.59. The minimum Gasteiger partial charge on any atom is -0.394 e. The molecule has 2 fully saturated rings. The number of ether oxygens (including phenoxy) is 1. The first-order valence-electron chi connectivity index (χ1n) is 9.42. The van der Waals surface area contributed by atoms with Gasteiger partial charge in [-0.25, -0.2) is 0 Å². The number of aliphatic hydroxyl groups is 3. The first kappa shape index (κ1) is 25.8. The lowest BCUT2D eigenvalue weighted by Gasteiger charge is -2.43. The highest BCUT2D eigenvalue weighted by atomic mass is 35.5. The number of carbonyl (C=O) groups is 1. The van der Waals surface area contributed by atoms with Gasteiger partial charge in [0.05, 0.1) is 18.7 Å². The zero-order valence-electron chi connectivity index (χ0n) is 15.7. The molecule has 0 spiro atoms. The van der Waals surface area contributed by atoms with Crippen LogP contribution in [-0.4, -0.2) is 74.7 Å². The van der Waals surface area contributed by atoms with Gasteiger partial charge in [-0.2, -0.15) is 0 Å². The van der Waals surface area contributed by atoms with Gasteiger partial charge in [0.1, 0.15) is 32.6 Å². The van der Waals surface area contributed by atoms with E-state index in [9.17, 15) is 20.1 Å². The van der Waals surface area contributed by atoms with Gasteiger partial charge >= 0.3 is 0 Å². The highest BCUT2D eigenvalue weighted by molar-refractivity contribution is 8.04. The molecule has 1 aliphatic carbocycles. The van der Waals surface area contributed by atoms with E-state index in [0.29, 0.717) is 5.25 Å². The van der Waals surface area contributed by atoms with Gasteiger partial charge < -0.3 is 31.1 Å². The Labute approximate surface area is 194 Å². The second-order valence-corrected chi connectivity index (χ2v) is 11.1. The highest BCUT2D eigenvalue weighted by Crippen LogP contribution is 2.37. The number of nitrogens with two attached hydrogens (primary N) is 1. The Balaban J connectivity index is 2.03. The number of aliphatic hydroxyl groups excluding tert-OH is 3. The van der Waals surface area contributed by atoms with Crippen molar-refractivity contribution in [3.05, 3.63) is 8.86 Å². The average Bonchev–Trinajstić information content (AvgIpc) is 2.71. The van der Waals surface area contributed by atoms with Crippen molar-refractivity contribution in [3.8, 4) is 0 Å². The Hall–Kier alpha value is 0.580. The number of carbonyl (C=O) groups excluding carboxylic acids is 1. The summed E-state index contributed by atoms with van der Waals surface area (Å²) in [5, 5.41) is 33.3. The number of hydrogen-bond donors (Lipinski definition) is 5. The van der Waals surface area contributed by atoms with Crippen LogP contribution in [0.25, 0.3) is 0 Å². The third-order valence-electron chi connectivity index (χ3n) is 4.94. The lowest BCUT2D eigenvalue weighted by molar-refractivity contribution is -0.174. The second kappa shape index (κ2) is 12.6. The average molecular weight is 510 g/mol. The van der Waals surface area contributed by atoms with Crippen molar-refractivity contribution in [1.29, 1.82) is 0 Å². The largest absolute Gasteiger partial charge is 0.394 e. The predicted molar refractivity (Wildman–Crippen MR) is 119 cm³/mol. The summed E-state index contributed by atoms with van der Waals surface area (Å²) in [6.45, 7) is -0.430. The van der Waals surface area contributed by atoms with Gasteiger partial charge in [-0.1, -0.05) is 54.1 Å². The van der Waals surface area contributed by atoms with Crippen LogP contribution in [-0.2, 0) is 9.53 Å². The molecule has 6 N–H and O–H groups in total. The van der Waals surface area contributed by atoms with Gasteiger partial charge in [-0.05, 0) is 12.8 Å². The van der Waals surface area contributed by atoms with Crippen LogP contribution in [0.4, 0.5) is 0 Å². The molecule has 12 heteroatoms. The summed E-state index contributed by atoms with van der Waals surface area (Å²) in [6.07, 6.45) is 1.93. The molecule has 1 saturated carbocycles. The lowest BCUT2D eigenvalue weighted by Crippen LogP contribution is -2.65. The summed E-state index contributed by atoms with van der Waals surface area (Å²) in [6, 6.07) is -1.81. The predicted octanol–water partition coefficient (Wildman–Crippen LogP) is 1.88. The number of rotatable bonds is 8. The molecule has 2 aliphatic rings. The van der Waals surface area contributed by atoms with Gasteiger partial charge in [0.15, 0.2) is 0 Å². The van der Waals surface area contributed by atoms with Crippen LogP contribution >= 0.6 is 58.3 Å². The van der Waals surface area contributed by atoms with Crippen molar-refractivity contribution in [2.75, 3.05) is 12.4 Å². The SMILES string of the molecule is N[C@@H](CSC(Cl)=C(Cl)Cl)C(=O)N[C@@H]1[C@@H](O)[C@H](O)[C@@H](CO)O[C@H]1SC1CCCCC1. The van der Waals surface area contributed by atoms with E-state index in [1.807, 2.05) is 0 Å². The molecule has 7 nitrogen and oxygen atoms in total. The van der Waals surface area contributed by atoms with Gasteiger partial charge in [-0.3, -0.25) is 4.79 Å². The molecule has 0 radical (unpaired) electrons. The van der Waals surface area contributed by atoms with Crippen LogP contribution in [0.3, 0.4) is 0 Å². The van der Waals surface area contributed by atoms with E-state index in [1.165, 1.54) is 18.2 Å². The second-order valence-electron chi connectivity index (χ2n) is 7.09. The van der Waals surface area contributed by atoms with E-state index >= 15 is 0 Å². The van der Waals surface area contributed by atoms with Gasteiger partial charge in [0.2, 0.25) is 5.91 Å². The smallest absolute Gasteiger partial charge is 0.238 e. The molecule has 29 heavy (non-hydrogen) atoms. The van der Waals surface area contributed by atoms with Crippen LogP contribution < -0.4 is 11.1 Å². The van der Waals surface area contributed by atoms with Crippen LogP contribution in [0.1, 0.15) is 32.1 Å². The molecule has 1 saturated heterocycles. The lowest BCUT2D eigenvalue weighted by atomic mass is 9.98. The molecule has 168 valence electrons. The Morgan fingerprint density at radius 2 is 1.83 bits per heavy atom. The standard InChI is InChI=1S/C17H27Cl3N2O5S2/c18-14(19)15(20)28-7-9(21)16(26)22-11-13(25)12(24)10(6-23)27-17(11)29-8-4-2-1-3-5-8/h8-13,17,23-25H,1-7,21H2,(H,22,26)/t9-,10+,11+,12+,13+,17-/m0/s1. The fourth-order valence-electron chi connectivity index (χ4n) is 3.31. The van der Waals surface area contributed by atoms with E-state index in [0.717, 1.165) is 37.4 Å². The summed E-state index contributed by atoms with van der Waals surface area (Å²) < 4.78 is 5.84. The molecule has 6 atom stereocenters. The molecule has 1 heterocycles. The first-order valence-corrected chi connectivity index (χ1v) is 12.5. The minimum atomic E-state index is -1.33. The fraction of sp³-hybridized carbons (Fsp3) is 0.824. The van der Waals surface area contributed by atoms with Crippen LogP contribution in [0.2, 0.25) is 0 Å². The molecule has 2 rings (SSSR count). The number of thioether (sulfide) groups is 2. The topological polar surface area (TPSA) is 125 Å². The molecule has 1 aliphatic heterocycles. The number of hydrogen-bond acceptors (Lipinski definition) is 8. The molecule has 0 bridgehead atoms. The Morgan fingerprint density at radius 1 is 1.17 bits per heavy atom. The molecular formula is C17H27Cl3N2O5S2. The molecule has 0 aromatic rings. The maximum atomic E-state index is 12.6. The molecular weight excluding hydrogens is 483 g/mol. The number of nitrogens with one attached hydrogen (secondary N) is 1. The van der Waals surface area contributed by atoms with Crippen molar-refractivity contribution in [2.45, 2.75) is 73.2 Å². The van der Waals surface area contributed by atoms with E-state index in [2.05, 4.69) is 5.32 Å². The number of halogens is 3. The molecule has 1 amide bonds. The summed E-state index contributed by atoms with van der Waals surface area (Å²) in [5.41, 5.74) is 5.30.